The Kier molecular flexibility index (Phi) is 4.22. The van der Waals surface area contributed by atoms with Crippen molar-refractivity contribution in [3.05, 3.63) is 26.5 Å². The van der Waals surface area contributed by atoms with Gasteiger partial charge >= 0.3 is 0 Å². The van der Waals surface area contributed by atoms with Crippen LogP contribution in [0.2, 0.25) is 0 Å². The molecule has 0 bridgehead atoms. The molecule has 0 saturated carbocycles. The molecule has 0 atom stereocenters. The largest absolute Gasteiger partial charge is 0.449 e. The first-order valence-electron chi connectivity index (χ1n) is 4.01. The summed E-state index contributed by atoms with van der Waals surface area (Å²) in [5.74, 6) is 0.820. The van der Waals surface area contributed by atoms with Gasteiger partial charge in [0.05, 0.1) is 4.47 Å². The van der Waals surface area contributed by atoms with Gasteiger partial charge in [-0.15, -0.1) is 0 Å². The molecule has 0 aliphatic rings. The Balaban J connectivity index is 2.89. The molecule has 0 fully saturated rings. The minimum atomic E-state index is 0.576. The van der Waals surface area contributed by atoms with Crippen LogP contribution in [0.3, 0.4) is 0 Å². The lowest BCUT2D eigenvalue weighted by Gasteiger charge is -1.96. The molecular weight excluding hydrogens is 298 g/mol. The third-order valence-corrected chi connectivity index (χ3v) is 3.44. The molecule has 0 aliphatic carbocycles. The number of furan rings is 1. The van der Waals surface area contributed by atoms with Crippen molar-refractivity contribution in [1.29, 1.82) is 0 Å². The number of rotatable bonds is 3. The molecule has 0 aliphatic heterocycles. The monoisotopic (exact) mass is 307 g/mol. The summed E-state index contributed by atoms with van der Waals surface area (Å²) in [6.07, 6.45) is 2.92. The Bertz CT molecular complexity index is 292. The maximum Gasteiger partial charge on any atom is 0.184 e. The first-order valence-corrected chi connectivity index (χ1v) is 5.60. The standard InChI is InChI=1S/C9H11Br2NO/c1-2-6(5-12)3-7-4-8(10)9(11)13-7/h3-4H,2,5,12H2,1H3. The zero-order valence-electron chi connectivity index (χ0n) is 7.31. The molecule has 72 valence electrons. The van der Waals surface area contributed by atoms with Crippen molar-refractivity contribution >= 4 is 37.9 Å². The van der Waals surface area contributed by atoms with Crippen molar-refractivity contribution in [3.8, 4) is 0 Å². The summed E-state index contributed by atoms with van der Waals surface area (Å²) in [5.41, 5.74) is 6.72. The van der Waals surface area contributed by atoms with Gasteiger partial charge in [-0.3, -0.25) is 0 Å². The molecule has 0 spiro atoms. The Hall–Kier alpha value is -0.0600. The summed E-state index contributed by atoms with van der Waals surface area (Å²) in [4.78, 5) is 0. The Morgan fingerprint density at radius 2 is 2.31 bits per heavy atom. The van der Waals surface area contributed by atoms with Crippen molar-refractivity contribution in [1.82, 2.24) is 0 Å². The molecule has 2 N–H and O–H groups in total. The van der Waals surface area contributed by atoms with Crippen LogP contribution in [-0.2, 0) is 0 Å². The van der Waals surface area contributed by atoms with Gasteiger partial charge in [-0.1, -0.05) is 12.5 Å². The Labute approximate surface area is 94.4 Å². The summed E-state index contributed by atoms with van der Waals surface area (Å²) in [6, 6.07) is 1.91. The Morgan fingerprint density at radius 1 is 1.62 bits per heavy atom. The third kappa shape index (κ3) is 2.97. The fourth-order valence-electron chi connectivity index (χ4n) is 0.941. The van der Waals surface area contributed by atoms with Crippen LogP contribution in [0.5, 0.6) is 0 Å². The van der Waals surface area contributed by atoms with Gasteiger partial charge in [0, 0.05) is 6.54 Å². The van der Waals surface area contributed by atoms with Crippen molar-refractivity contribution in [2.24, 2.45) is 5.73 Å². The van der Waals surface area contributed by atoms with Gasteiger partial charge in [-0.05, 0) is 50.4 Å². The number of hydrogen-bond acceptors (Lipinski definition) is 2. The van der Waals surface area contributed by atoms with E-state index < -0.39 is 0 Å². The number of nitrogens with two attached hydrogens (primary N) is 1. The first kappa shape index (κ1) is 11.0. The summed E-state index contributed by atoms with van der Waals surface area (Å²) in [5, 5.41) is 0. The zero-order chi connectivity index (χ0) is 9.84. The molecule has 13 heavy (non-hydrogen) atoms. The fraction of sp³-hybridized carbons (Fsp3) is 0.333. The maximum absolute atomic E-state index is 5.54. The molecule has 0 radical (unpaired) electrons. The average molecular weight is 309 g/mol. The van der Waals surface area contributed by atoms with Crippen molar-refractivity contribution in [3.63, 3.8) is 0 Å². The van der Waals surface area contributed by atoms with Gasteiger partial charge in [-0.2, -0.15) is 0 Å². The van der Waals surface area contributed by atoms with E-state index in [4.69, 9.17) is 10.2 Å². The zero-order valence-corrected chi connectivity index (χ0v) is 10.5. The predicted molar refractivity (Wildman–Crippen MR) is 61.4 cm³/mol. The molecule has 0 unspecified atom stereocenters. The van der Waals surface area contributed by atoms with E-state index in [0.29, 0.717) is 11.2 Å². The van der Waals surface area contributed by atoms with Crippen LogP contribution in [0, 0.1) is 0 Å². The molecule has 0 aromatic carbocycles. The molecular formula is C9H11Br2NO. The van der Waals surface area contributed by atoms with Crippen molar-refractivity contribution in [2.45, 2.75) is 13.3 Å². The minimum absolute atomic E-state index is 0.576. The lowest BCUT2D eigenvalue weighted by atomic mass is 10.2. The molecule has 1 heterocycles. The second-order valence-electron chi connectivity index (χ2n) is 2.63. The van der Waals surface area contributed by atoms with E-state index in [0.717, 1.165) is 16.7 Å². The smallest absolute Gasteiger partial charge is 0.184 e. The van der Waals surface area contributed by atoms with E-state index in [-0.39, 0.29) is 0 Å². The Morgan fingerprint density at radius 3 is 2.69 bits per heavy atom. The summed E-state index contributed by atoms with van der Waals surface area (Å²) < 4.78 is 7.02. The molecule has 0 saturated heterocycles. The van der Waals surface area contributed by atoms with E-state index in [1.54, 1.807) is 0 Å². The molecule has 2 nitrogen and oxygen atoms in total. The van der Waals surface area contributed by atoms with E-state index in [2.05, 4.69) is 38.8 Å². The van der Waals surface area contributed by atoms with E-state index in [9.17, 15) is 0 Å². The summed E-state index contributed by atoms with van der Waals surface area (Å²) in [7, 11) is 0. The third-order valence-electron chi connectivity index (χ3n) is 1.73. The van der Waals surface area contributed by atoms with Gasteiger partial charge in [0.2, 0.25) is 0 Å². The van der Waals surface area contributed by atoms with Crippen LogP contribution in [0.25, 0.3) is 6.08 Å². The van der Waals surface area contributed by atoms with Crippen LogP contribution in [0.1, 0.15) is 19.1 Å². The minimum Gasteiger partial charge on any atom is -0.449 e. The van der Waals surface area contributed by atoms with Gasteiger partial charge in [0.25, 0.3) is 0 Å². The van der Waals surface area contributed by atoms with Crippen LogP contribution < -0.4 is 5.73 Å². The first-order chi connectivity index (χ1) is 6.17. The highest BCUT2D eigenvalue weighted by Crippen LogP contribution is 2.27. The predicted octanol–water partition coefficient (Wildman–Crippen LogP) is 3.56. The van der Waals surface area contributed by atoms with Crippen molar-refractivity contribution in [2.75, 3.05) is 6.54 Å². The van der Waals surface area contributed by atoms with Gasteiger partial charge in [0.15, 0.2) is 4.67 Å². The molecule has 1 aromatic rings. The van der Waals surface area contributed by atoms with Gasteiger partial charge in [0.1, 0.15) is 5.76 Å². The lowest BCUT2D eigenvalue weighted by molar-refractivity contribution is 0.529. The lowest BCUT2D eigenvalue weighted by Crippen LogP contribution is -2.01. The normalized spacial score (nSPS) is 12.2. The van der Waals surface area contributed by atoms with Crippen LogP contribution in [-0.4, -0.2) is 6.54 Å². The summed E-state index contributed by atoms with van der Waals surface area (Å²) in [6.45, 7) is 2.65. The van der Waals surface area contributed by atoms with Crippen LogP contribution in [0.4, 0.5) is 0 Å². The highest BCUT2D eigenvalue weighted by Gasteiger charge is 2.03. The van der Waals surface area contributed by atoms with Crippen molar-refractivity contribution < 1.29 is 4.42 Å². The van der Waals surface area contributed by atoms with Gasteiger partial charge < -0.3 is 10.2 Å². The fourth-order valence-corrected chi connectivity index (χ4v) is 1.55. The maximum atomic E-state index is 5.54. The van der Waals surface area contributed by atoms with E-state index >= 15 is 0 Å². The van der Waals surface area contributed by atoms with Crippen LogP contribution in [0.15, 0.2) is 25.2 Å². The molecule has 1 rings (SSSR count). The molecule has 0 amide bonds. The molecule has 1 aromatic heterocycles. The SMILES string of the molecule is CCC(=Cc1cc(Br)c(Br)o1)CN. The van der Waals surface area contributed by atoms with E-state index in [1.807, 2.05) is 12.1 Å². The average Bonchev–Trinajstić information content (AvgIpc) is 2.42. The second kappa shape index (κ2) is 4.98. The quantitative estimate of drug-likeness (QED) is 0.927. The van der Waals surface area contributed by atoms with Gasteiger partial charge in [-0.25, -0.2) is 0 Å². The van der Waals surface area contributed by atoms with Crippen LogP contribution >= 0.6 is 31.9 Å². The second-order valence-corrected chi connectivity index (χ2v) is 4.21. The highest BCUT2D eigenvalue weighted by atomic mass is 79.9. The molecule has 4 heteroatoms. The highest BCUT2D eigenvalue weighted by molar-refractivity contribution is 9.13. The topological polar surface area (TPSA) is 39.2 Å². The number of halogens is 2. The summed E-state index contributed by atoms with van der Waals surface area (Å²) >= 11 is 6.62. The van der Waals surface area contributed by atoms with E-state index in [1.165, 1.54) is 5.57 Å². The number of hydrogen-bond donors (Lipinski definition) is 1.